The Bertz CT molecular complexity index is 682. The van der Waals surface area contributed by atoms with E-state index in [1.54, 1.807) is 23.2 Å². The second-order valence-corrected chi connectivity index (χ2v) is 5.02. The highest BCUT2D eigenvalue weighted by atomic mass is 16.6. The lowest BCUT2D eigenvalue weighted by Crippen LogP contribution is -2.44. The normalized spacial score (nSPS) is 14.9. The first-order chi connectivity index (χ1) is 10.2. The van der Waals surface area contributed by atoms with Crippen molar-refractivity contribution in [3.8, 4) is 0 Å². The van der Waals surface area contributed by atoms with Gasteiger partial charge in [0.15, 0.2) is 0 Å². The van der Waals surface area contributed by atoms with Crippen molar-refractivity contribution >= 4 is 22.8 Å². The minimum absolute atomic E-state index is 0.00692. The van der Waals surface area contributed by atoms with Gasteiger partial charge in [-0.05, 0) is 41.4 Å². The van der Waals surface area contributed by atoms with Gasteiger partial charge in [0, 0.05) is 25.1 Å². The number of rotatable bonds is 3. The summed E-state index contributed by atoms with van der Waals surface area (Å²) in [5.41, 5.74) is 1.62. The molecule has 0 spiro atoms. The number of hydrazine groups is 1. The maximum atomic E-state index is 12.6. The molecule has 0 saturated carbocycles. The molecule has 21 heavy (non-hydrogen) atoms. The van der Waals surface area contributed by atoms with Crippen molar-refractivity contribution < 1.29 is 14.2 Å². The summed E-state index contributed by atoms with van der Waals surface area (Å²) in [4.78, 5) is 24.6. The third-order valence-electron chi connectivity index (χ3n) is 3.52. The van der Waals surface area contributed by atoms with Crippen LogP contribution < -0.4 is 0 Å². The molecule has 0 unspecified atom stereocenters. The lowest BCUT2D eigenvalue weighted by Gasteiger charge is -2.27. The summed E-state index contributed by atoms with van der Waals surface area (Å²) in [7, 11) is 0. The maximum absolute atomic E-state index is 12.6. The van der Waals surface area contributed by atoms with Gasteiger partial charge in [0.25, 0.3) is 5.91 Å². The highest BCUT2D eigenvalue weighted by Gasteiger charge is 2.30. The molecule has 7 heteroatoms. The fraction of sp³-hybridized carbons (Fsp3) is 0.429. The molecule has 0 radical (unpaired) electrons. The monoisotopic (exact) mass is 288 g/mol. The van der Waals surface area contributed by atoms with Crippen LogP contribution in [0, 0.1) is 0 Å². The molecule has 0 N–H and O–H groups in total. The first-order valence-electron chi connectivity index (χ1n) is 7.05. The zero-order chi connectivity index (χ0) is 14.8. The van der Waals surface area contributed by atoms with Crippen LogP contribution >= 0.6 is 0 Å². The van der Waals surface area contributed by atoms with Crippen molar-refractivity contribution in [2.45, 2.75) is 26.2 Å². The summed E-state index contributed by atoms with van der Waals surface area (Å²) in [5, 5.41) is 10.5. The Balaban J connectivity index is 1.84. The van der Waals surface area contributed by atoms with Crippen LogP contribution in [0.3, 0.4) is 0 Å². The minimum atomic E-state index is -0.193. The fourth-order valence-corrected chi connectivity index (χ4v) is 2.49. The van der Waals surface area contributed by atoms with E-state index < -0.39 is 0 Å². The van der Waals surface area contributed by atoms with Crippen molar-refractivity contribution in [2.24, 2.45) is 0 Å². The third-order valence-corrected chi connectivity index (χ3v) is 3.52. The van der Waals surface area contributed by atoms with Crippen molar-refractivity contribution in [3.05, 3.63) is 23.8 Å². The zero-order valence-corrected chi connectivity index (χ0v) is 11.8. The molecule has 2 amide bonds. The van der Waals surface area contributed by atoms with Crippen LogP contribution in [0.1, 0.15) is 36.5 Å². The molecular weight excluding hydrogens is 272 g/mol. The molecule has 2 heterocycles. The van der Waals surface area contributed by atoms with Crippen molar-refractivity contribution in [2.75, 3.05) is 13.1 Å². The number of carbonyl (C=O) groups excluding carboxylic acids is 2. The van der Waals surface area contributed by atoms with Gasteiger partial charge in [-0.3, -0.25) is 14.6 Å². The van der Waals surface area contributed by atoms with E-state index in [0.29, 0.717) is 36.1 Å². The first kappa shape index (κ1) is 13.5. The topological polar surface area (TPSA) is 79.5 Å². The SMILES string of the molecule is CCCC(=O)N1CCCN1C(=O)c1ccc2nonc2c1. The average Bonchev–Trinajstić information content (AvgIpc) is 3.14. The molecule has 1 saturated heterocycles. The zero-order valence-electron chi connectivity index (χ0n) is 11.8. The summed E-state index contributed by atoms with van der Waals surface area (Å²) in [6, 6.07) is 5.00. The number of aromatic nitrogens is 2. The average molecular weight is 288 g/mol. The van der Waals surface area contributed by atoms with Gasteiger partial charge in [0.1, 0.15) is 11.0 Å². The molecule has 2 aromatic rings. The van der Waals surface area contributed by atoms with E-state index in [1.165, 1.54) is 5.01 Å². The Morgan fingerprint density at radius 1 is 1.19 bits per heavy atom. The Hall–Kier alpha value is -2.44. The lowest BCUT2D eigenvalue weighted by atomic mass is 10.2. The number of fused-ring (bicyclic) bond motifs is 1. The smallest absolute Gasteiger partial charge is 0.272 e. The van der Waals surface area contributed by atoms with E-state index >= 15 is 0 Å². The molecule has 0 bridgehead atoms. The fourth-order valence-electron chi connectivity index (χ4n) is 2.49. The largest absolute Gasteiger partial charge is 0.273 e. The van der Waals surface area contributed by atoms with E-state index in [4.69, 9.17) is 0 Å². The van der Waals surface area contributed by atoms with E-state index in [0.717, 1.165) is 12.8 Å². The third kappa shape index (κ3) is 2.46. The number of hydrogen-bond donors (Lipinski definition) is 0. The van der Waals surface area contributed by atoms with Gasteiger partial charge in [-0.2, -0.15) is 0 Å². The molecule has 0 aliphatic carbocycles. The molecule has 1 aliphatic rings. The summed E-state index contributed by atoms with van der Waals surface area (Å²) >= 11 is 0. The van der Waals surface area contributed by atoms with Gasteiger partial charge in [0.05, 0.1) is 0 Å². The Morgan fingerprint density at radius 2 is 1.95 bits per heavy atom. The number of amides is 2. The molecular formula is C14H16N4O3. The van der Waals surface area contributed by atoms with Crippen LogP contribution in [0.5, 0.6) is 0 Å². The summed E-state index contributed by atoms with van der Waals surface area (Å²) in [6.07, 6.45) is 2.03. The number of benzene rings is 1. The van der Waals surface area contributed by atoms with Crippen LogP contribution in [0.25, 0.3) is 11.0 Å². The van der Waals surface area contributed by atoms with Gasteiger partial charge in [-0.1, -0.05) is 6.92 Å². The summed E-state index contributed by atoms with van der Waals surface area (Å²) < 4.78 is 4.63. The van der Waals surface area contributed by atoms with Gasteiger partial charge < -0.3 is 0 Å². The highest BCUT2D eigenvalue weighted by molar-refractivity contribution is 5.98. The molecule has 7 nitrogen and oxygen atoms in total. The number of hydrogen-bond acceptors (Lipinski definition) is 5. The Morgan fingerprint density at radius 3 is 2.76 bits per heavy atom. The number of carbonyl (C=O) groups is 2. The Kier molecular flexibility index (Phi) is 3.55. The summed E-state index contributed by atoms with van der Waals surface area (Å²) in [6.45, 7) is 3.10. The Labute approximate surface area is 121 Å². The van der Waals surface area contributed by atoms with Crippen molar-refractivity contribution in [3.63, 3.8) is 0 Å². The van der Waals surface area contributed by atoms with Crippen LogP contribution in [0.4, 0.5) is 0 Å². The molecule has 1 aliphatic heterocycles. The van der Waals surface area contributed by atoms with Crippen LogP contribution in [0.15, 0.2) is 22.8 Å². The molecule has 1 aromatic carbocycles. The molecule has 0 atom stereocenters. The predicted octanol–water partition coefficient (Wildman–Crippen LogP) is 1.61. The molecule has 1 aromatic heterocycles. The van der Waals surface area contributed by atoms with Crippen LogP contribution in [0.2, 0.25) is 0 Å². The van der Waals surface area contributed by atoms with E-state index in [-0.39, 0.29) is 11.8 Å². The van der Waals surface area contributed by atoms with Gasteiger partial charge in [0.2, 0.25) is 5.91 Å². The summed E-state index contributed by atoms with van der Waals surface area (Å²) in [5.74, 6) is -0.200. The first-order valence-corrected chi connectivity index (χ1v) is 7.05. The lowest BCUT2D eigenvalue weighted by molar-refractivity contribution is -0.140. The van der Waals surface area contributed by atoms with Crippen molar-refractivity contribution in [1.29, 1.82) is 0 Å². The minimum Gasteiger partial charge on any atom is -0.273 e. The second kappa shape index (κ2) is 5.51. The van der Waals surface area contributed by atoms with Crippen LogP contribution in [-0.2, 0) is 4.79 Å². The second-order valence-electron chi connectivity index (χ2n) is 5.02. The quantitative estimate of drug-likeness (QED) is 0.857. The van der Waals surface area contributed by atoms with E-state index in [2.05, 4.69) is 14.9 Å². The predicted molar refractivity (Wildman–Crippen MR) is 74.1 cm³/mol. The molecule has 3 rings (SSSR count). The molecule has 1 fully saturated rings. The van der Waals surface area contributed by atoms with Gasteiger partial charge in [-0.25, -0.2) is 9.64 Å². The van der Waals surface area contributed by atoms with E-state index in [1.807, 2.05) is 6.92 Å². The van der Waals surface area contributed by atoms with Gasteiger partial charge >= 0.3 is 0 Å². The standard InChI is InChI=1S/C14H16N4O3/c1-2-4-13(19)17-7-3-8-18(17)14(20)10-5-6-11-12(9-10)16-21-15-11/h5-6,9H,2-4,7-8H2,1H3. The van der Waals surface area contributed by atoms with E-state index in [9.17, 15) is 9.59 Å². The number of nitrogens with zero attached hydrogens (tertiary/aromatic N) is 4. The highest BCUT2D eigenvalue weighted by Crippen LogP contribution is 2.19. The van der Waals surface area contributed by atoms with Crippen molar-refractivity contribution in [1.82, 2.24) is 20.3 Å². The molecule has 110 valence electrons. The van der Waals surface area contributed by atoms with Crippen LogP contribution in [-0.4, -0.2) is 45.2 Å². The maximum Gasteiger partial charge on any atom is 0.272 e. The van der Waals surface area contributed by atoms with Gasteiger partial charge in [-0.15, -0.1) is 0 Å².